The van der Waals surface area contributed by atoms with Gasteiger partial charge in [0.05, 0.1) is 22.7 Å². The second kappa shape index (κ2) is 5.47. The molecule has 0 saturated carbocycles. The predicted molar refractivity (Wildman–Crippen MR) is 76.9 cm³/mol. The van der Waals surface area contributed by atoms with Gasteiger partial charge in [-0.3, -0.25) is 9.63 Å². The largest absolute Gasteiger partial charge is 0.278 e. The SMILES string of the molecule is C=CCONC(=O)c1cc2cccc(Cl)c2n2nnnc12. The topological polar surface area (TPSA) is 81.4 Å². The minimum absolute atomic E-state index is 0.201. The number of benzene rings is 1. The van der Waals surface area contributed by atoms with Gasteiger partial charge in [0, 0.05) is 5.39 Å². The summed E-state index contributed by atoms with van der Waals surface area (Å²) in [4.78, 5) is 17.1. The zero-order chi connectivity index (χ0) is 14.8. The summed E-state index contributed by atoms with van der Waals surface area (Å²) in [7, 11) is 0. The summed E-state index contributed by atoms with van der Waals surface area (Å²) in [5, 5.41) is 12.6. The van der Waals surface area contributed by atoms with E-state index in [1.165, 1.54) is 10.6 Å². The van der Waals surface area contributed by atoms with Crippen molar-refractivity contribution in [2.45, 2.75) is 0 Å². The standard InChI is InChI=1S/C13H10ClN5O2/c1-2-6-21-16-13(20)9-7-8-4-3-5-10(14)11(8)19-12(9)15-17-18-19/h2-5,7H,1,6H2,(H,16,20). The smallest absolute Gasteiger partial charge is 0.269 e. The summed E-state index contributed by atoms with van der Waals surface area (Å²) in [6.45, 7) is 3.70. The molecule has 1 aromatic carbocycles. The fourth-order valence-corrected chi connectivity index (χ4v) is 2.25. The molecule has 7 nitrogen and oxygen atoms in total. The number of amides is 1. The third-order valence-electron chi connectivity index (χ3n) is 2.85. The lowest BCUT2D eigenvalue weighted by Gasteiger charge is -2.07. The van der Waals surface area contributed by atoms with Gasteiger partial charge in [0.2, 0.25) is 0 Å². The molecule has 1 N–H and O–H groups in total. The van der Waals surface area contributed by atoms with Gasteiger partial charge >= 0.3 is 0 Å². The van der Waals surface area contributed by atoms with Crippen molar-refractivity contribution in [3.05, 3.63) is 47.5 Å². The first-order valence-electron chi connectivity index (χ1n) is 6.04. The van der Waals surface area contributed by atoms with Gasteiger partial charge in [0.15, 0.2) is 5.65 Å². The maximum absolute atomic E-state index is 12.1. The Balaban J connectivity index is 2.15. The number of rotatable bonds is 4. The molecule has 3 rings (SSSR count). The Morgan fingerprint density at radius 2 is 2.38 bits per heavy atom. The number of para-hydroxylation sites is 1. The zero-order valence-corrected chi connectivity index (χ0v) is 11.5. The second-order valence-electron chi connectivity index (χ2n) is 4.18. The van der Waals surface area contributed by atoms with Gasteiger partial charge < -0.3 is 0 Å². The molecular formula is C13H10ClN5O2. The summed E-state index contributed by atoms with van der Waals surface area (Å²) in [5.74, 6) is -0.446. The molecule has 2 heterocycles. The normalized spacial score (nSPS) is 10.9. The van der Waals surface area contributed by atoms with Gasteiger partial charge in [0.1, 0.15) is 0 Å². The number of carbonyl (C=O) groups is 1. The molecule has 0 saturated heterocycles. The number of hydrogen-bond acceptors (Lipinski definition) is 5. The Morgan fingerprint density at radius 1 is 1.52 bits per heavy atom. The number of tetrazole rings is 1. The van der Waals surface area contributed by atoms with E-state index in [4.69, 9.17) is 16.4 Å². The van der Waals surface area contributed by atoms with Crippen LogP contribution >= 0.6 is 11.6 Å². The lowest BCUT2D eigenvalue weighted by atomic mass is 10.1. The fourth-order valence-electron chi connectivity index (χ4n) is 1.99. The molecule has 21 heavy (non-hydrogen) atoms. The Kier molecular flexibility index (Phi) is 3.51. The van der Waals surface area contributed by atoms with E-state index in [2.05, 4.69) is 27.6 Å². The number of nitrogens with one attached hydrogen (secondary N) is 1. The molecule has 0 aliphatic heterocycles. The molecule has 0 unspecified atom stereocenters. The Bertz CT molecular complexity index is 845. The van der Waals surface area contributed by atoms with Crippen molar-refractivity contribution in [1.82, 2.24) is 25.5 Å². The summed E-state index contributed by atoms with van der Waals surface area (Å²) >= 11 is 6.17. The van der Waals surface area contributed by atoms with Crippen molar-refractivity contribution in [3.8, 4) is 0 Å². The minimum atomic E-state index is -0.446. The van der Waals surface area contributed by atoms with Gasteiger partial charge in [-0.1, -0.05) is 29.8 Å². The van der Waals surface area contributed by atoms with Crippen LogP contribution in [0.15, 0.2) is 36.9 Å². The molecule has 106 valence electrons. The lowest BCUT2D eigenvalue weighted by molar-refractivity contribution is 0.0423. The monoisotopic (exact) mass is 303 g/mol. The van der Waals surface area contributed by atoms with Crippen molar-refractivity contribution in [2.24, 2.45) is 0 Å². The van der Waals surface area contributed by atoms with Gasteiger partial charge in [-0.05, 0) is 22.6 Å². The molecule has 1 amide bonds. The molecule has 0 bridgehead atoms. The average molecular weight is 304 g/mol. The van der Waals surface area contributed by atoms with Crippen LogP contribution in [0.4, 0.5) is 0 Å². The van der Waals surface area contributed by atoms with Crippen molar-refractivity contribution in [1.29, 1.82) is 0 Å². The van der Waals surface area contributed by atoms with Crippen LogP contribution in [0.25, 0.3) is 16.6 Å². The number of hydroxylamine groups is 1. The average Bonchev–Trinajstić information content (AvgIpc) is 2.95. The fraction of sp³-hybridized carbons (Fsp3) is 0.0769. The summed E-state index contributed by atoms with van der Waals surface area (Å²) in [6, 6.07) is 7.01. The summed E-state index contributed by atoms with van der Waals surface area (Å²) in [6.07, 6.45) is 1.52. The van der Waals surface area contributed by atoms with Crippen LogP contribution in [-0.4, -0.2) is 32.6 Å². The third-order valence-corrected chi connectivity index (χ3v) is 3.16. The van der Waals surface area contributed by atoms with E-state index in [0.29, 0.717) is 21.7 Å². The lowest BCUT2D eigenvalue weighted by Crippen LogP contribution is -2.24. The summed E-state index contributed by atoms with van der Waals surface area (Å²) < 4.78 is 1.43. The second-order valence-corrected chi connectivity index (χ2v) is 4.59. The van der Waals surface area contributed by atoms with Crippen LogP contribution < -0.4 is 5.48 Å². The Hall–Kier alpha value is -2.51. The van der Waals surface area contributed by atoms with Crippen molar-refractivity contribution >= 4 is 34.1 Å². The maximum atomic E-state index is 12.1. The van der Waals surface area contributed by atoms with E-state index in [-0.39, 0.29) is 6.61 Å². The van der Waals surface area contributed by atoms with Crippen LogP contribution in [0, 0.1) is 0 Å². The van der Waals surface area contributed by atoms with Crippen molar-refractivity contribution < 1.29 is 9.63 Å². The van der Waals surface area contributed by atoms with Gasteiger partial charge in [0.25, 0.3) is 5.91 Å². The van der Waals surface area contributed by atoms with Crippen LogP contribution in [0.1, 0.15) is 10.4 Å². The highest BCUT2D eigenvalue weighted by Gasteiger charge is 2.17. The van der Waals surface area contributed by atoms with Gasteiger partial charge in [-0.15, -0.1) is 11.7 Å². The molecule has 3 aromatic rings. The number of nitrogens with zero attached hydrogens (tertiary/aromatic N) is 4. The molecule has 8 heteroatoms. The van der Waals surface area contributed by atoms with Gasteiger partial charge in [-0.2, -0.15) is 4.52 Å². The molecule has 0 fully saturated rings. The Morgan fingerprint density at radius 3 is 3.19 bits per heavy atom. The first kappa shape index (κ1) is 13.5. The first-order chi connectivity index (χ1) is 10.2. The van der Waals surface area contributed by atoms with Crippen LogP contribution in [0.3, 0.4) is 0 Å². The van der Waals surface area contributed by atoms with E-state index in [1.54, 1.807) is 18.2 Å². The molecule has 0 aliphatic rings. The number of fused-ring (bicyclic) bond motifs is 3. The Labute approximate surface area is 124 Å². The number of hydrogen-bond donors (Lipinski definition) is 1. The summed E-state index contributed by atoms with van der Waals surface area (Å²) in [5.41, 5.74) is 3.54. The van der Waals surface area contributed by atoms with Crippen LogP contribution in [0.2, 0.25) is 5.02 Å². The third kappa shape index (κ3) is 2.32. The first-order valence-corrected chi connectivity index (χ1v) is 6.42. The highest BCUT2D eigenvalue weighted by atomic mass is 35.5. The number of aromatic nitrogens is 4. The molecule has 0 aliphatic carbocycles. The predicted octanol–water partition coefficient (Wildman–Crippen LogP) is 1.78. The molecular weight excluding hydrogens is 294 g/mol. The van der Waals surface area contributed by atoms with Crippen LogP contribution in [0.5, 0.6) is 0 Å². The molecule has 0 radical (unpaired) electrons. The molecule has 2 aromatic heterocycles. The number of pyridine rings is 1. The van der Waals surface area contributed by atoms with E-state index in [1.807, 2.05) is 6.07 Å². The highest BCUT2D eigenvalue weighted by Crippen LogP contribution is 2.25. The van der Waals surface area contributed by atoms with E-state index >= 15 is 0 Å². The van der Waals surface area contributed by atoms with E-state index < -0.39 is 5.91 Å². The van der Waals surface area contributed by atoms with Crippen LogP contribution in [-0.2, 0) is 4.84 Å². The quantitative estimate of drug-likeness (QED) is 0.451. The number of halogens is 1. The molecule has 0 atom stereocenters. The van der Waals surface area contributed by atoms with Crippen molar-refractivity contribution in [2.75, 3.05) is 6.61 Å². The number of carbonyl (C=O) groups excluding carboxylic acids is 1. The van der Waals surface area contributed by atoms with Crippen molar-refractivity contribution in [3.63, 3.8) is 0 Å². The zero-order valence-electron chi connectivity index (χ0n) is 10.8. The van der Waals surface area contributed by atoms with E-state index in [9.17, 15) is 4.79 Å². The van der Waals surface area contributed by atoms with E-state index in [0.717, 1.165) is 5.39 Å². The van der Waals surface area contributed by atoms with Gasteiger partial charge in [-0.25, -0.2) is 5.48 Å². The minimum Gasteiger partial charge on any atom is -0.269 e. The highest BCUT2D eigenvalue weighted by molar-refractivity contribution is 6.35. The maximum Gasteiger partial charge on any atom is 0.278 e. The molecule has 0 spiro atoms.